The van der Waals surface area contributed by atoms with Crippen molar-refractivity contribution in [3.8, 4) is 0 Å². The number of benzene rings is 1. The first kappa shape index (κ1) is 12.3. The lowest BCUT2D eigenvalue weighted by Crippen LogP contribution is -2.33. The first-order valence-electron chi connectivity index (χ1n) is 4.57. The highest BCUT2D eigenvalue weighted by Gasteiger charge is 2.49. The van der Waals surface area contributed by atoms with Gasteiger partial charge in [0.05, 0.1) is 0 Å². The summed E-state index contributed by atoms with van der Waals surface area (Å²) in [4.78, 5) is 0. The summed E-state index contributed by atoms with van der Waals surface area (Å²) in [5, 5.41) is 0. The van der Waals surface area contributed by atoms with Gasteiger partial charge in [-0.1, -0.05) is 0 Å². The van der Waals surface area contributed by atoms with E-state index >= 15 is 0 Å². The second-order valence-corrected chi connectivity index (χ2v) is 4.49. The third-order valence-corrected chi connectivity index (χ3v) is 3.02. The molecule has 0 aliphatic heterocycles. The molecule has 0 saturated heterocycles. The monoisotopic (exact) mass is 269 g/mol. The van der Waals surface area contributed by atoms with Crippen LogP contribution in [0.3, 0.4) is 0 Å². The predicted octanol–water partition coefficient (Wildman–Crippen LogP) is 1.31. The Labute approximate surface area is 95.5 Å². The maximum absolute atomic E-state index is 13.5. The second kappa shape index (κ2) is 3.95. The summed E-state index contributed by atoms with van der Waals surface area (Å²) < 4.78 is 75.6. The van der Waals surface area contributed by atoms with Crippen LogP contribution < -0.4 is 4.72 Å². The molecule has 0 heterocycles. The Kier molecular flexibility index (Phi) is 2.86. The first-order chi connectivity index (χ1) is 7.81. The van der Waals surface area contributed by atoms with E-state index in [4.69, 9.17) is 0 Å². The summed E-state index contributed by atoms with van der Waals surface area (Å²) in [6.45, 7) is 0. The lowest BCUT2D eigenvalue weighted by molar-refractivity contribution is -0.0190. The van der Waals surface area contributed by atoms with Gasteiger partial charge in [0.1, 0.15) is 17.7 Å². The normalized spacial score (nSPS) is 21.8. The number of hydrogen-bond acceptors (Lipinski definition) is 2. The number of nitrogens with one attached hydrogen (secondary N) is 1. The molecule has 2 rings (SSSR count). The molecule has 0 radical (unpaired) electrons. The first-order valence-corrected chi connectivity index (χ1v) is 5.75. The molecule has 1 atom stereocenters. The summed E-state index contributed by atoms with van der Waals surface area (Å²) in [5.74, 6) is -5.61. The summed E-state index contributed by atoms with van der Waals surface area (Å²) in [6, 6.07) is -0.738. The molecule has 1 aliphatic rings. The SMILES string of the molecule is O=[SH](=O)NC1c2c(F)cc(F)cc2CC1(F)F. The Morgan fingerprint density at radius 2 is 1.94 bits per heavy atom. The quantitative estimate of drug-likeness (QED) is 0.628. The van der Waals surface area contributed by atoms with Gasteiger partial charge in [0.25, 0.3) is 5.92 Å². The smallest absolute Gasteiger partial charge is 0.215 e. The zero-order valence-electron chi connectivity index (χ0n) is 8.21. The van der Waals surface area contributed by atoms with Crippen molar-refractivity contribution in [1.29, 1.82) is 0 Å². The molecule has 0 bridgehead atoms. The van der Waals surface area contributed by atoms with Gasteiger partial charge >= 0.3 is 0 Å². The van der Waals surface area contributed by atoms with Crippen LogP contribution in [-0.4, -0.2) is 14.3 Å². The van der Waals surface area contributed by atoms with Crippen LogP contribution >= 0.6 is 0 Å². The number of rotatable bonds is 2. The van der Waals surface area contributed by atoms with E-state index in [0.29, 0.717) is 6.07 Å². The van der Waals surface area contributed by atoms with E-state index < -0.39 is 46.5 Å². The van der Waals surface area contributed by atoms with Gasteiger partial charge < -0.3 is 0 Å². The minimum Gasteiger partial charge on any atom is -0.215 e. The molecule has 17 heavy (non-hydrogen) atoms. The van der Waals surface area contributed by atoms with Gasteiger partial charge in [-0.3, -0.25) is 0 Å². The van der Waals surface area contributed by atoms with Crippen molar-refractivity contribution in [3.63, 3.8) is 0 Å². The molecule has 1 aromatic rings. The summed E-state index contributed by atoms with van der Waals surface area (Å²) in [7, 11) is -3.30. The Balaban J connectivity index is 2.55. The molecule has 1 N–H and O–H groups in total. The molecule has 0 amide bonds. The van der Waals surface area contributed by atoms with Crippen molar-refractivity contribution in [3.05, 3.63) is 34.9 Å². The fraction of sp³-hybridized carbons (Fsp3) is 0.333. The van der Waals surface area contributed by atoms with E-state index in [0.717, 1.165) is 6.07 Å². The highest BCUT2D eigenvalue weighted by molar-refractivity contribution is 7.70. The molecule has 0 aromatic heterocycles. The van der Waals surface area contributed by atoms with Gasteiger partial charge in [-0.15, -0.1) is 0 Å². The van der Waals surface area contributed by atoms with Crippen molar-refractivity contribution < 1.29 is 26.0 Å². The van der Waals surface area contributed by atoms with Crippen molar-refractivity contribution in [2.75, 3.05) is 0 Å². The van der Waals surface area contributed by atoms with Crippen molar-refractivity contribution >= 4 is 10.9 Å². The minimum absolute atomic E-state index is 0.221. The molecule has 1 unspecified atom stereocenters. The van der Waals surface area contributed by atoms with E-state index in [9.17, 15) is 26.0 Å². The molecule has 3 nitrogen and oxygen atoms in total. The van der Waals surface area contributed by atoms with Crippen molar-refractivity contribution in [2.45, 2.75) is 18.4 Å². The minimum atomic E-state index is -3.47. The zero-order chi connectivity index (χ0) is 12.8. The van der Waals surface area contributed by atoms with Gasteiger partial charge in [-0.2, -0.15) is 0 Å². The van der Waals surface area contributed by atoms with Gasteiger partial charge in [0.2, 0.25) is 10.9 Å². The Morgan fingerprint density at radius 3 is 2.53 bits per heavy atom. The number of thiol groups is 1. The van der Waals surface area contributed by atoms with Crippen LogP contribution in [0.4, 0.5) is 17.6 Å². The number of halogens is 4. The fourth-order valence-electron chi connectivity index (χ4n) is 1.94. The average molecular weight is 269 g/mol. The second-order valence-electron chi connectivity index (χ2n) is 3.72. The van der Waals surface area contributed by atoms with E-state index in [2.05, 4.69) is 0 Å². The van der Waals surface area contributed by atoms with E-state index in [1.807, 2.05) is 0 Å². The van der Waals surface area contributed by atoms with Crippen LogP contribution in [0, 0.1) is 11.6 Å². The summed E-state index contributed by atoms with van der Waals surface area (Å²) in [5.41, 5.74) is -0.711. The maximum Gasteiger partial charge on any atom is 0.272 e. The van der Waals surface area contributed by atoms with Gasteiger partial charge in [0, 0.05) is 18.1 Å². The summed E-state index contributed by atoms with van der Waals surface area (Å²) in [6.07, 6.45) is -0.891. The van der Waals surface area contributed by atoms with E-state index in [1.165, 1.54) is 0 Å². The third-order valence-electron chi connectivity index (χ3n) is 2.55. The van der Waals surface area contributed by atoms with Crippen molar-refractivity contribution in [2.24, 2.45) is 0 Å². The number of hydrogen-bond donors (Lipinski definition) is 2. The van der Waals surface area contributed by atoms with Crippen LogP contribution in [-0.2, 0) is 17.3 Å². The topological polar surface area (TPSA) is 46.2 Å². The molecule has 0 saturated carbocycles. The Hall–Kier alpha value is -1.15. The molecule has 0 fully saturated rings. The maximum atomic E-state index is 13.5. The zero-order valence-corrected chi connectivity index (χ0v) is 9.11. The van der Waals surface area contributed by atoms with Crippen LogP contribution in [0.1, 0.15) is 17.2 Å². The Morgan fingerprint density at radius 1 is 1.29 bits per heavy atom. The Bertz CT molecular complexity index is 536. The van der Waals surface area contributed by atoms with Crippen LogP contribution in [0.2, 0.25) is 0 Å². The van der Waals surface area contributed by atoms with Gasteiger partial charge in [0.15, 0.2) is 0 Å². The van der Waals surface area contributed by atoms with E-state index in [1.54, 1.807) is 4.72 Å². The van der Waals surface area contributed by atoms with Crippen LogP contribution in [0.5, 0.6) is 0 Å². The van der Waals surface area contributed by atoms with E-state index in [-0.39, 0.29) is 5.56 Å². The number of alkyl halides is 2. The highest BCUT2D eigenvalue weighted by atomic mass is 32.2. The number of fused-ring (bicyclic) bond motifs is 1. The van der Waals surface area contributed by atoms with Gasteiger partial charge in [-0.05, 0) is 11.6 Å². The fourth-order valence-corrected chi connectivity index (χ4v) is 2.47. The molecule has 1 aliphatic carbocycles. The average Bonchev–Trinajstić information content (AvgIpc) is 2.36. The highest BCUT2D eigenvalue weighted by Crippen LogP contribution is 2.44. The molecular weight excluding hydrogens is 262 g/mol. The van der Waals surface area contributed by atoms with Crippen LogP contribution in [0.15, 0.2) is 12.1 Å². The lowest BCUT2D eigenvalue weighted by atomic mass is 10.1. The molecule has 94 valence electrons. The van der Waals surface area contributed by atoms with Crippen molar-refractivity contribution in [1.82, 2.24) is 4.72 Å². The molecule has 0 spiro atoms. The molecule has 1 aromatic carbocycles. The van der Waals surface area contributed by atoms with Crippen LogP contribution in [0.25, 0.3) is 0 Å². The molecule has 8 heteroatoms. The lowest BCUT2D eigenvalue weighted by Gasteiger charge is -2.18. The predicted molar refractivity (Wildman–Crippen MR) is 51.2 cm³/mol. The third kappa shape index (κ3) is 2.14. The summed E-state index contributed by atoms with van der Waals surface area (Å²) >= 11 is 0. The largest absolute Gasteiger partial charge is 0.272 e. The van der Waals surface area contributed by atoms with Gasteiger partial charge in [-0.25, -0.2) is 30.7 Å². The standard InChI is InChI=1S/C9H7F4NO2S/c10-5-1-4-3-9(12,13)8(14-17(15)16)7(4)6(11)2-5/h1-2,8,17H,3H2,(H,14,15,16). The molecular formula is C9H7F4NO2S.